The summed E-state index contributed by atoms with van der Waals surface area (Å²) in [6, 6.07) is 11.2. The largest absolute Gasteiger partial charge is 0.492 e. The number of fused-ring (bicyclic) bond motifs is 1. The van der Waals surface area contributed by atoms with E-state index >= 15 is 0 Å². The monoisotopic (exact) mass is 409 g/mol. The molecule has 8 heteroatoms. The van der Waals surface area contributed by atoms with E-state index in [2.05, 4.69) is 5.16 Å². The fourth-order valence-corrected chi connectivity index (χ4v) is 4.73. The van der Waals surface area contributed by atoms with Crippen molar-refractivity contribution in [2.45, 2.75) is 18.2 Å². The first-order valence-corrected chi connectivity index (χ1v) is 10.1. The van der Waals surface area contributed by atoms with Gasteiger partial charge in [-0.2, -0.15) is 0 Å². The smallest absolute Gasteiger partial charge is 0.230 e. The number of carbonyl (C=O) groups is 2. The number of amides is 2. The summed E-state index contributed by atoms with van der Waals surface area (Å²) in [6.07, 6.45) is 5.05. The first-order chi connectivity index (χ1) is 14.6. The van der Waals surface area contributed by atoms with Crippen molar-refractivity contribution in [2.75, 3.05) is 26.7 Å². The number of carbonyl (C=O) groups excluding carboxylic acids is 2. The molecule has 156 valence electrons. The van der Waals surface area contributed by atoms with E-state index in [1.54, 1.807) is 29.1 Å². The number of nitrogens with zero attached hydrogens (tertiary/aromatic N) is 3. The van der Waals surface area contributed by atoms with Gasteiger partial charge in [0.1, 0.15) is 18.0 Å². The Hall–Kier alpha value is -3.13. The molecule has 0 aliphatic carbocycles. The number of rotatable bonds is 7. The molecule has 8 nitrogen and oxygen atoms in total. The number of aromatic nitrogens is 1. The van der Waals surface area contributed by atoms with Gasteiger partial charge in [0.2, 0.25) is 11.8 Å². The lowest BCUT2D eigenvalue weighted by molar-refractivity contribution is -0.143. The first-order valence-electron chi connectivity index (χ1n) is 10.1. The SMILES string of the molecule is CN(Cc1ccno1)C(=O)[C@@H]1[C@@H]2C=C[C@@]3(CN(CCOc4ccccc4)C(=O)[C@@H]13)O2. The molecule has 2 amide bonds. The molecule has 0 unspecified atom stereocenters. The molecule has 2 bridgehead atoms. The molecule has 1 spiro atoms. The van der Waals surface area contributed by atoms with E-state index in [-0.39, 0.29) is 17.9 Å². The summed E-state index contributed by atoms with van der Waals surface area (Å²) in [5.41, 5.74) is -0.720. The topological polar surface area (TPSA) is 85.1 Å². The minimum absolute atomic E-state index is 0.0510. The zero-order chi connectivity index (χ0) is 20.7. The lowest BCUT2D eigenvalue weighted by atomic mass is 9.76. The van der Waals surface area contributed by atoms with Gasteiger partial charge in [-0.3, -0.25) is 9.59 Å². The molecule has 3 aliphatic rings. The molecule has 2 aromatic rings. The Morgan fingerprint density at radius 2 is 2.17 bits per heavy atom. The van der Waals surface area contributed by atoms with Gasteiger partial charge in [-0.1, -0.05) is 35.5 Å². The summed E-state index contributed by atoms with van der Waals surface area (Å²) in [6.45, 7) is 1.57. The third kappa shape index (κ3) is 3.08. The van der Waals surface area contributed by atoms with E-state index < -0.39 is 17.4 Å². The maximum atomic E-state index is 13.2. The Balaban J connectivity index is 1.27. The van der Waals surface area contributed by atoms with E-state index in [9.17, 15) is 9.59 Å². The number of likely N-dealkylation sites (tertiary alicyclic amines) is 1. The predicted molar refractivity (Wildman–Crippen MR) is 105 cm³/mol. The molecular weight excluding hydrogens is 386 g/mol. The normalized spacial score (nSPS) is 28.8. The maximum absolute atomic E-state index is 13.2. The Kier molecular flexibility index (Phi) is 4.58. The van der Waals surface area contributed by atoms with Crippen LogP contribution < -0.4 is 4.74 Å². The van der Waals surface area contributed by atoms with Gasteiger partial charge in [0.25, 0.3) is 0 Å². The molecular formula is C22H23N3O5. The van der Waals surface area contributed by atoms with Crippen molar-refractivity contribution in [3.63, 3.8) is 0 Å². The molecule has 3 aliphatic heterocycles. The highest BCUT2D eigenvalue weighted by molar-refractivity contribution is 5.93. The molecule has 0 N–H and O–H groups in total. The van der Waals surface area contributed by atoms with Crippen molar-refractivity contribution < 1.29 is 23.6 Å². The van der Waals surface area contributed by atoms with Crippen molar-refractivity contribution in [2.24, 2.45) is 11.8 Å². The minimum atomic E-state index is -0.720. The number of hydrogen-bond acceptors (Lipinski definition) is 6. The lowest BCUT2D eigenvalue weighted by Crippen LogP contribution is -2.44. The van der Waals surface area contributed by atoms with Gasteiger partial charge in [0.05, 0.1) is 43.8 Å². The fourth-order valence-electron chi connectivity index (χ4n) is 4.73. The highest BCUT2D eigenvalue weighted by Gasteiger charge is 2.67. The van der Waals surface area contributed by atoms with E-state index in [1.165, 1.54) is 0 Å². The van der Waals surface area contributed by atoms with Crippen molar-refractivity contribution in [3.05, 3.63) is 60.5 Å². The summed E-state index contributed by atoms with van der Waals surface area (Å²) in [4.78, 5) is 29.8. The Morgan fingerprint density at radius 3 is 2.93 bits per heavy atom. The Bertz CT molecular complexity index is 960. The van der Waals surface area contributed by atoms with Crippen LogP contribution in [0.15, 0.2) is 59.3 Å². The van der Waals surface area contributed by atoms with Crippen LogP contribution in [0.5, 0.6) is 5.75 Å². The van der Waals surface area contributed by atoms with Crippen molar-refractivity contribution in [1.82, 2.24) is 15.0 Å². The van der Waals surface area contributed by atoms with Gasteiger partial charge in [0.15, 0.2) is 5.76 Å². The van der Waals surface area contributed by atoms with Crippen molar-refractivity contribution >= 4 is 11.8 Å². The summed E-state index contributed by atoms with van der Waals surface area (Å²) >= 11 is 0. The van der Waals surface area contributed by atoms with E-state index in [0.717, 1.165) is 5.75 Å². The van der Waals surface area contributed by atoms with Gasteiger partial charge in [-0.25, -0.2) is 0 Å². The molecule has 2 saturated heterocycles. The lowest BCUT2D eigenvalue weighted by Gasteiger charge is -2.27. The van der Waals surface area contributed by atoms with Gasteiger partial charge in [0, 0.05) is 13.1 Å². The van der Waals surface area contributed by atoms with E-state index in [1.807, 2.05) is 42.5 Å². The number of para-hydroxylation sites is 1. The van der Waals surface area contributed by atoms with Crippen LogP contribution >= 0.6 is 0 Å². The maximum Gasteiger partial charge on any atom is 0.230 e. The molecule has 1 aromatic carbocycles. The fraction of sp³-hybridized carbons (Fsp3) is 0.409. The second-order valence-electron chi connectivity index (χ2n) is 7.99. The van der Waals surface area contributed by atoms with E-state index in [0.29, 0.717) is 32.0 Å². The number of benzene rings is 1. The molecule has 30 heavy (non-hydrogen) atoms. The Morgan fingerprint density at radius 1 is 1.33 bits per heavy atom. The summed E-state index contributed by atoms with van der Waals surface area (Å²) in [5, 5.41) is 3.67. The van der Waals surface area contributed by atoms with Gasteiger partial charge in [-0.05, 0) is 12.1 Å². The number of ether oxygens (including phenoxy) is 2. The van der Waals surface area contributed by atoms with Crippen LogP contribution in [0.3, 0.4) is 0 Å². The third-order valence-electron chi connectivity index (χ3n) is 6.10. The van der Waals surface area contributed by atoms with Gasteiger partial charge >= 0.3 is 0 Å². The van der Waals surface area contributed by atoms with Gasteiger partial charge < -0.3 is 23.8 Å². The molecule has 4 heterocycles. The second-order valence-corrected chi connectivity index (χ2v) is 7.99. The average molecular weight is 409 g/mol. The quantitative estimate of drug-likeness (QED) is 0.645. The van der Waals surface area contributed by atoms with Crippen LogP contribution in [-0.2, 0) is 20.9 Å². The number of hydrogen-bond donors (Lipinski definition) is 0. The predicted octanol–water partition coefficient (Wildman–Crippen LogP) is 1.49. The van der Waals surface area contributed by atoms with Crippen LogP contribution in [-0.4, -0.2) is 65.2 Å². The third-order valence-corrected chi connectivity index (χ3v) is 6.10. The molecule has 5 rings (SSSR count). The van der Waals surface area contributed by atoms with Crippen molar-refractivity contribution in [3.8, 4) is 5.75 Å². The molecule has 0 saturated carbocycles. The average Bonchev–Trinajstić information content (AvgIpc) is 3.51. The van der Waals surface area contributed by atoms with Gasteiger partial charge in [-0.15, -0.1) is 0 Å². The molecule has 0 radical (unpaired) electrons. The summed E-state index contributed by atoms with van der Waals surface area (Å²) < 4.78 is 17.0. The summed E-state index contributed by atoms with van der Waals surface area (Å²) in [5.74, 6) is 0.150. The molecule has 4 atom stereocenters. The highest BCUT2D eigenvalue weighted by atomic mass is 16.5. The van der Waals surface area contributed by atoms with Crippen LogP contribution in [0, 0.1) is 11.8 Å². The standard InChI is InChI=1S/C22H23N3O5/c1-24(13-16-8-10-23-30-16)20(26)18-17-7-9-22(29-17)14-25(21(27)19(18)22)11-12-28-15-5-3-2-4-6-15/h2-10,17-19H,11-14H2,1H3/t17-,18+,19+,22-/m0/s1. The Labute approximate surface area is 174 Å². The minimum Gasteiger partial charge on any atom is -0.492 e. The van der Waals surface area contributed by atoms with Crippen LogP contribution in [0.2, 0.25) is 0 Å². The summed E-state index contributed by atoms with van der Waals surface area (Å²) in [7, 11) is 1.71. The molecule has 2 fully saturated rings. The zero-order valence-corrected chi connectivity index (χ0v) is 16.6. The van der Waals surface area contributed by atoms with E-state index in [4.69, 9.17) is 14.0 Å². The van der Waals surface area contributed by atoms with Crippen LogP contribution in [0.4, 0.5) is 0 Å². The highest BCUT2D eigenvalue weighted by Crippen LogP contribution is 2.52. The van der Waals surface area contributed by atoms with Crippen LogP contribution in [0.25, 0.3) is 0 Å². The van der Waals surface area contributed by atoms with Crippen molar-refractivity contribution in [1.29, 1.82) is 0 Å². The second kappa shape index (κ2) is 7.28. The van der Waals surface area contributed by atoms with Crippen LogP contribution in [0.1, 0.15) is 5.76 Å². The first kappa shape index (κ1) is 18.9. The zero-order valence-electron chi connectivity index (χ0n) is 16.6. The molecule has 1 aromatic heterocycles.